The van der Waals surface area contributed by atoms with Crippen molar-refractivity contribution in [1.29, 1.82) is 0 Å². The highest BCUT2D eigenvalue weighted by molar-refractivity contribution is 5.87. The molecule has 0 aromatic carbocycles. The van der Waals surface area contributed by atoms with Crippen LogP contribution >= 0.6 is 0 Å². The number of carboxylic acid groups (broad SMARTS) is 1. The van der Waals surface area contributed by atoms with Gasteiger partial charge in [0.1, 0.15) is 12.6 Å². The Morgan fingerprint density at radius 3 is 2.52 bits per heavy atom. The number of amides is 3. The van der Waals surface area contributed by atoms with Gasteiger partial charge in [-0.05, 0) is 38.5 Å². The smallest absolute Gasteiger partial charge is 0.326 e. The topological polar surface area (TPSA) is 104 Å². The minimum Gasteiger partial charge on any atom is -0.480 e. The summed E-state index contributed by atoms with van der Waals surface area (Å²) < 4.78 is 0. The van der Waals surface area contributed by atoms with Crippen molar-refractivity contribution in [2.45, 2.75) is 45.2 Å². The van der Waals surface area contributed by atoms with E-state index in [2.05, 4.69) is 0 Å². The lowest BCUT2D eigenvalue weighted by molar-refractivity contribution is -0.142. The number of carbonyl (C=O) groups is 3. The first-order valence-corrected chi connectivity index (χ1v) is 7.41. The third-order valence-electron chi connectivity index (χ3n) is 4.58. The van der Waals surface area contributed by atoms with E-state index in [9.17, 15) is 19.5 Å². The summed E-state index contributed by atoms with van der Waals surface area (Å²) in [6, 6.07) is -1.38. The molecule has 1 aliphatic carbocycles. The first kappa shape index (κ1) is 15.6. The molecule has 0 spiro atoms. The van der Waals surface area contributed by atoms with E-state index >= 15 is 0 Å². The van der Waals surface area contributed by atoms with E-state index in [1.807, 2.05) is 0 Å². The van der Waals surface area contributed by atoms with Gasteiger partial charge in [0.05, 0.1) is 0 Å². The Kier molecular flexibility index (Phi) is 4.39. The summed E-state index contributed by atoms with van der Waals surface area (Å²) in [6.45, 7) is 3.85. The third kappa shape index (κ3) is 2.96. The van der Waals surface area contributed by atoms with Crippen LogP contribution in [0.2, 0.25) is 0 Å². The Morgan fingerprint density at radius 1 is 1.33 bits per heavy atom. The van der Waals surface area contributed by atoms with Gasteiger partial charge in [0.25, 0.3) is 0 Å². The molecule has 2 rings (SSSR count). The Morgan fingerprint density at radius 2 is 2.00 bits per heavy atom. The fraction of sp³-hybridized carbons (Fsp3) is 0.786. The summed E-state index contributed by atoms with van der Waals surface area (Å²) in [6.07, 6.45) is 2.84. The van der Waals surface area contributed by atoms with Gasteiger partial charge in [0.2, 0.25) is 5.91 Å². The minimum absolute atomic E-state index is 0.0361. The van der Waals surface area contributed by atoms with Crippen LogP contribution in [0.4, 0.5) is 4.79 Å². The molecule has 1 heterocycles. The lowest BCUT2D eigenvalue weighted by Crippen LogP contribution is -2.53. The summed E-state index contributed by atoms with van der Waals surface area (Å²) in [5.74, 6) is -1.25. The van der Waals surface area contributed by atoms with Crippen molar-refractivity contribution in [2.24, 2.45) is 17.6 Å². The number of urea groups is 1. The molecule has 3 N–H and O–H groups in total. The number of hydrogen-bond acceptors (Lipinski definition) is 3. The van der Waals surface area contributed by atoms with Crippen molar-refractivity contribution in [1.82, 2.24) is 9.80 Å². The summed E-state index contributed by atoms with van der Waals surface area (Å²) in [4.78, 5) is 38.1. The van der Waals surface area contributed by atoms with Gasteiger partial charge < -0.3 is 20.6 Å². The second kappa shape index (κ2) is 5.91. The van der Waals surface area contributed by atoms with E-state index < -0.39 is 23.9 Å². The van der Waals surface area contributed by atoms with Crippen LogP contribution in [0.25, 0.3) is 0 Å². The first-order chi connectivity index (χ1) is 9.82. The largest absolute Gasteiger partial charge is 0.480 e. The van der Waals surface area contributed by atoms with Crippen molar-refractivity contribution in [3.8, 4) is 0 Å². The molecule has 3 unspecified atom stereocenters. The maximum absolute atomic E-state index is 12.6. The first-order valence-electron chi connectivity index (χ1n) is 7.41. The zero-order valence-corrected chi connectivity index (χ0v) is 12.5. The standard InChI is InChI=1S/C14H23N3O4/c1-8(2)16(7-11(15)18)14(21)17-6-9-4-3-5-10(9)12(17)13(19)20/h8-10,12H,3-7H2,1-2H3,(H2,15,18)(H,19,20). The van der Waals surface area contributed by atoms with Gasteiger partial charge in [-0.2, -0.15) is 0 Å². The highest BCUT2D eigenvalue weighted by atomic mass is 16.4. The number of carbonyl (C=O) groups excluding carboxylic acids is 2. The maximum Gasteiger partial charge on any atom is 0.326 e. The second-order valence-corrected chi connectivity index (χ2v) is 6.26. The van der Waals surface area contributed by atoms with E-state index in [0.29, 0.717) is 6.54 Å². The normalized spacial score (nSPS) is 27.8. The number of primary amides is 1. The Balaban J connectivity index is 2.20. The molecule has 118 valence electrons. The van der Waals surface area contributed by atoms with Crippen LogP contribution in [0.1, 0.15) is 33.1 Å². The van der Waals surface area contributed by atoms with Crippen LogP contribution in [0.5, 0.6) is 0 Å². The molecular weight excluding hydrogens is 274 g/mol. The number of nitrogens with zero attached hydrogens (tertiary/aromatic N) is 2. The molecular formula is C14H23N3O4. The van der Waals surface area contributed by atoms with Crippen molar-refractivity contribution in [2.75, 3.05) is 13.1 Å². The van der Waals surface area contributed by atoms with Crippen LogP contribution in [-0.4, -0.2) is 58.0 Å². The number of nitrogens with two attached hydrogens (primary N) is 1. The highest BCUT2D eigenvalue weighted by Gasteiger charge is 2.50. The Hall–Kier alpha value is -1.79. The summed E-state index contributed by atoms with van der Waals surface area (Å²) in [7, 11) is 0. The monoisotopic (exact) mass is 297 g/mol. The molecule has 2 fully saturated rings. The number of hydrogen-bond donors (Lipinski definition) is 2. The minimum atomic E-state index is -0.958. The number of rotatable bonds is 4. The third-order valence-corrected chi connectivity index (χ3v) is 4.58. The van der Waals surface area contributed by atoms with Gasteiger partial charge in [-0.25, -0.2) is 9.59 Å². The average molecular weight is 297 g/mol. The lowest BCUT2D eigenvalue weighted by Gasteiger charge is -2.33. The van der Waals surface area contributed by atoms with E-state index in [4.69, 9.17) is 5.73 Å². The molecule has 1 aliphatic heterocycles. The SMILES string of the molecule is CC(C)N(CC(N)=O)C(=O)N1CC2CCCC2C1C(=O)O. The summed E-state index contributed by atoms with van der Waals surface area (Å²) in [5, 5.41) is 9.48. The number of fused-ring (bicyclic) bond motifs is 1. The molecule has 2 aliphatic rings. The predicted octanol–water partition coefficient (Wildman–Crippen LogP) is 0.487. The van der Waals surface area contributed by atoms with Crippen molar-refractivity contribution in [3.63, 3.8) is 0 Å². The van der Waals surface area contributed by atoms with Crippen molar-refractivity contribution in [3.05, 3.63) is 0 Å². The molecule has 0 radical (unpaired) electrons. The van der Waals surface area contributed by atoms with Crippen LogP contribution in [0.15, 0.2) is 0 Å². The van der Waals surface area contributed by atoms with Crippen molar-refractivity contribution >= 4 is 17.9 Å². The zero-order valence-electron chi connectivity index (χ0n) is 12.5. The molecule has 3 atom stereocenters. The van der Waals surface area contributed by atoms with Crippen LogP contribution in [0.3, 0.4) is 0 Å². The molecule has 1 saturated heterocycles. The number of likely N-dealkylation sites (tertiary alicyclic amines) is 1. The van der Waals surface area contributed by atoms with Gasteiger partial charge in [-0.3, -0.25) is 4.79 Å². The van der Waals surface area contributed by atoms with Crippen LogP contribution in [-0.2, 0) is 9.59 Å². The van der Waals surface area contributed by atoms with Gasteiger partial charge >= 0.3 is 12.0 Å². The molecule has 7 nitrogen and oxygen atoms in total. The van der Waals surface area contributed by atoms with E-state index in [0.717, 1.165) is 19.3 Å². The summed E-state index contributed by atoms with van der Waals surface area (Å²) >= 11 is 0. The fourth-order valence-corrected chi connectivity index (χ4v) is 3.62. The average Bonchev–Trinajstić information content (AvgIpc) is 2.93. The quantitative estimate of drug-likeness (QED) is 0.787. The van der Waals surface area contributed by atoms with Gasteiger partial charge in [0, 0.05) is 12.6 Å². The Bertz CT molecular complexity index is 452. The molecule has 1 saturated carbocycles. The van der Waals surface area contributed by atoms with E-state index in [-0.39, 0.29) is 24.4 Å². The zero-order chi connectivity index (χ0) is 15.7. The highest BCUT2D eigenvalue weighted by Crippen LogP contribution is 2.42. The number of aliphatic carboxylic acids is 1. The van der Waals surface area contributed by atoms with Gasteiger partial charge in [-0.1, -0.05) is 6.42 Å². The molecule has 0 aromatic heterocycles. The fourth-order valence-electron chi connectivity index (χ4n) is 3.62. The van der Waals surface area contributed by atoms with Gasteiger partial charge in [0.15, 0.2) is 0 Å². The molecule has 21 heavy (non-hydrogen) atoms. The van der Waals surface area contributed by atoms with Crippen LogP contribution < -0.4 is 5.73 Å². The van der Waals surface area contributed by atoms with Crippen molar-refractivity contribution < 1.29 is 19.5 Å². The molecule has 0 bridgehead atoms. The number of carboxylic acids is 1. The predicted molar refractivity (Wildman–Crippen MR) is 75.4 cm³/mol. The summed E-state index contributed by atoms with van der Waals surface area (Å²) in [5.41, 5.74) is 5.19. The van der Waals surface area contributed by atoms with E-state index in [1.165, 1.54) is 9.80 Å². The second-order valence-electron chi connectivity index (χ2n) is 6.26. The molecule has 3 amide bonds. The van der Waals surface area contributed by atoms with Gasteiger partial charge in [-0.15, -0.1) is 0 Å². The maximum atomic E-state index is 12.6. The van der Waals surface area contributed by atoms with Crippen LogP contribution in [0, 0.1) is 11.8 Å². The Labute approximate surface area is 124 Å². The molecule has 7 heteroatoms. The van der Waals surface area contributed by atoms with E-state index in [1.54, 1.807) is 13.8 Å². The lowest BCUT2D eigenvalue weighted by atomic mass is 9.94. The molecule has 0 aromatic rings.